The third-order valence-electron chi connectivity index (χ3n) is 4.04. The first-order chi connectivity index (χ1) is 8.18. The van der Waals surface area contributed by atoms with Crippen molar-refractivity contribution >= 4 is 0 Å². The number of benzene rings is 1. The van der Waals surface area contributed by atoms with Crippen LogP contribution in [-0.2, 0) is 10.2 Å². The smallest absolute Gasteiger partial charge is 0.0474 e. The molecule has 1 fully saturated rings. The molecule has 0 amide bonds. The van der Waals surface area contributed by atoms with Gasteiger partial charge in [0.15, 0.2) is 0 Å². The van der Waals surface area contributed by atoms with Crippen molar-refractivity contribution in [2.45, 2.75) is 38.5 Å². The second kappa shape index (κ2) is 5.19. The second-order valence-corrected chi connectivity index (χ2v) is 5.25. The molecule has 2 heteroatoms. The normalized spacial score (nSPS) is 19.2. The Morgan fingerprint density at radius 1 is 1.24 bits per heavy atom. The number of hydrogen-bond acceptors (Lipinski definition) is 2. The molecule has 17 heavy (non-hydrogen) atoms. The highest BCUT2D eigenvalue weighted by molar-refractivity contribution is 5.37. The summed E-state index contributed by atoms with van der Waals surface area (Å²) in [6.45, 7) is 6.87. The Labute approximate surface area is 104 Å². The molecule has 1 aromatic rings. The van der Waals surface area contributed by atoms with Crippen molar-refractivity contribution in [3.05, 3.63) is 34.9 Å². The summed E-state index contributed by atoms with van der Waals surface area (Å²) >= 11 is 0. The Kier molecular flexibility index (Phi) is 3.85. The van der Waals surface area contributed by atoms with Crippen LogP contribution in [0.5, 0.6) is 0 Å². The lowest BCUT2D eigenvalue weighted by Gasteiger charge is -2.39. The summed E-state index contributed by atoms with van der Waals surface area (Å²) < 4.78 is 5.52. The molecule has 0 aromatic heterocycles. The Morgan fingerprint density at radius 2 is 1.94 bits per heavy atom. The molecule has 1 aliphatic rings. The van der Waals surface area contributed by atoms with Crippen molar-refractivity contribution in [2.75, 3.05) is 19.8 Å². The van der Waals surface area contributed by atoms with Crippen molar-refractivity contribution in [3.8, 4) is 0 Å². The molecular weight excluding hydrogens is 210 g/mol. The SMILES string of the molecule is Cc1ccc(C)c(C2(CCN)CCOCC2)c1. The molecule has 0 atom stereocenters. The van der Waals surface area contributed by atoms with E-state index in [2.05, 4.69) is 32.0 Å². The maximum absolute atomic E-state index is 5.83. The van der Waals surface area contributed by atoms with Crippen LogP contribution in [0.3, 0.4) is 0 Å². The van der Waals surface area contributed by atoms with Crippen LogP contribution in [0, 0.1) is 13.8 Å². The summed E-state index contributed by atoms with van der Waals surface area (Å²) in [4.78, 5) is 0. The van der Waals surface area contributed by atoms with Gasteiger partial charge in [-0.15, -0.1) is 0 Å². The fourth-order valence-electron chi connectivity index (χ4n) is 3.00. The monoisotopic (exact) mass is 233 g/mol. The van der Waals surface area contributed by atoms with Crippen LogP contribution in [0.1, 0.15) is 36.0 Å². The van der Waals surface area contributed by atoms with Crippen molar-refractivity contribution in [1.82, 2.24) is 0 Å². The zero-order valence-corrected chi connectivity index (χ0v) is 11.0. The minimum atomic E-state index is 0.253. The minimum Gasteiger partial charge on any atom is -0.381 e. The van der Waals surface area contributed by atoms with Crippen LogP contribution in [0.4, 0.5) is 0 Å². The Bertz CT molecular complexity index is 375. The predicted octanol–water partition coefficient (Wildman–Crippen LogP) is 2.70. The van der Waals surface area contributed by atoms with Gasteiger partial charge < -0.3 is 10.5 Å². The molecule has 1 aromatic carbocycles. The second-order valence-electron chi connectivity index (χ2n) is 5.25. The van der Waals surface area contributed by atoms with Crippen LogP contribution in [0.15, 0.2) is 18.2 Å². The van der Waals surface area contributed by atoms with Crippen LogP contribution in [-0.4, -0.2) is 19.8 Å². The van der Waals surface area contributed by atoms with E-state index >= 15 is 0 Å². The molecule has 0 unspecified atom stereocenters. The van der Waals surface area contributed by atoms with Gasteiger partial charge in [0.25, 0.3) is 0 Å². The van der Waals surface area contributed by atoms with Gasteiger partial charge in [0.1, 0.15) is 0 Å². The third kappa shape index (κ3) is 2.53. The molecule has 94 valence electrons. The molecule has 2 N–H and O–H groups in total. The topological polar surface area (TPSA) is 35.2 Å². The van der Waals surface area contributed by atoms with E-state index in [0.717, 1.165) is 39.0 Å². The first-order valence-electron chi connectivity index (χ1n) is 6.53. The highest BCUT2D eigenvalue weighted by Crippen LogP contribution is 2.39. The number of hydrogen-bond donors (Lipinski definition) is 1. The largest absolute Gasteiger partial charge is 0.381 e. The van der Waals surface area contributed by atoms with Crippen LogP contribution in [0.2, 0.25) is 0 Å². The van der Waals surface area contributed by atoms with Crippen molar-refractivity contribution in [1.29, 1.82) is 0 Å². The average Bonchev–Trinajstić information content (AvgIpc) is 2.34. The van der Waals surface area contributed by atoms with E-state index < -0.39 is 0 Å². The molecule has 0 spiro atoms. The molecule has 0 saturated carbocycles. The molecule has 0 aliphatic carbocycles. The fraction of sp³-hybridized carbons (Fsp3) is 0.600. The molecule has 2 rings (SSSR count). The number of nitrogens with two attached hydrogens (primary N) is 1. The first kappa shape index (κ1) is 12.6. The van der Waals surface area contributed by atoms with E-state index in [0.29, 0.717) is 0 Å². The summed E-state index contributed by atoms with van der Waals surface area (Å²) in [6, 6.07) is 6.77. The van der Waals surface area contributed by atoms with Crippen molar-refractivity contribution < 1.29 is 4.74 Å². The minimum absolute atomic E-state index is 0.253. The van der Waals surface area contributed by atoms with Crippen LogP contribution < -0.4 is 5.73 Å². The first-order valence-corrected chi connectivity index (χ1v) is 6.53. The van der Waals surface area contributed by atoms with Crippen molar-refractivity contribution in [2.24, 2.45) is 5.73 Å². The molecule has 2 nitrogen and oxygen atoms in total. The highest BCUT2D eigenvalue weighted by atomic mass is 16.5. The zero-order valence-electron chi connectivity index (χ0n) is 11.0. The zero-order chi connectivity index (χ0) is 12.3. The number of aryl methyl sites for hydroxylation is 2. The Morgan fingerprint density at radius 3 is 2.59 bits per heavy atom. The summed E-state index contributed by atoms with van der Waals surface area (Å²) in [5, 5.41) is 0. The van der Waals surface area contributed by atoms with Gasteiger partial charge in [-0.25, -0.2) is 0 Å². The standard InChI is InChI=1S/C15H23NO/c1-12-3-4-13(2)14(11-12)15(5-8-16)6-9-17-10-7-15/h3-4,11H,5-10,16H2,1-2H3. The van der Waals surface area contributed by atoms with E-state index in [4.69, 9.17) is 10.5 Å². The number of rotatable bonds is 3. The number of ether oxygens (including phenoxy) is 1. The fourth-order valence-corrected chi connectivity index (χ4v) is 3.00. The van der Waals surface area contributed by atoms with Gasteiger partial charge in [-0.1, -0.05) is 23.8 Å². The van der Waals surface area contributed by atoms with Gasteiger partial charge in [-0.05, 0) is 50.8 Å². The highest BCUT2D eigenvalue weighted by Gasteiger charge is 2.34. The predicted molar refractivity (Wildman–Crippen MR) is 71.3 cm³/mol. The van der Waals surface area contributed by atoms with E-state index in [1.807, 2.05) is 0 Å². The molecule has 0 radical (unpaired) electrons. The summed E-state index contributed by atoms with van der Waals surface area (Å²) in [5.74, 6) is 0. The lowest BCUT2D eigenvalue weighted by atomic mass is 9.70. The average molecular weight is 233 g/mol. The lowest BCUT2D eigenvalue weighted by Crippen LogP contribution is -2.36. The Hall–Kier alpha value is -0.860. The molecule has 1 aliphatic heterocycles. The summed E-state index contributed by atoms with van der Waals surface area (Å²) in [6.07, 6.45) is 3.28. The van der Waals surface area contributed by atoms with Crippen LogP contribution >= 0.6 is 0 Å². The van der Waals surface area contributed by atoms with E-state index in [9.17, 15) is 0 Å². The van der Waals surface area contributed by atoms with E-state index in [-0.39, 0.29) is 5.41 Å². The molecule has 1 heterocycles. The van der Waals surface area contributed by atoms with Gasteiger partial charge in [-0.3, -0.25) is 0 Å². The molecular formula is C15H23NO. The Balaban J connectivity index is 2.40. The maximum atomic E-state index is 5.83. The summed E-state index contributed by atoms with van der Waals surface area (Å²) in [7, 11) is 0. The lowest BCUT2D eigenvalue weighted by molar-refractivity contribution is 0.0474. The quantitative estimate of drug-likeness (QED) is 0.871. The summed E-state index contributed by atoms with van der Waals surface area (Å²) in [5.41, 5.74) is 10.3. The van der Waals surface area contributed by atoms with E-state index in [1.54, 1.807) is 0 Å². The van der Waals surface area contributed by atoms with Crippen LogP contribution in [0.25, 0.3) is 0 Å². The van der Waals surface area contributed by atoms with E-state index in [1.165, 1.54) is 16.7 Å². The molecule has 1 saturated heterocycles. The van der Waals surface area contributed by atoms with Crippen molar-refractivity contribution in [3.63, 3.8) is 0 Å². The van der Waals surface area contributed by atoms with Gasteiger partial charge in [0.05, 0.1) is 0 Å². The van der Waals surface area contributed by atoms with Gasteiger partial charge in [0, 0.05) is 18.6 Å². The maximum Gasteiger partial charge on any atom is 0.0474 e. The van der Waals surface area contributed by atoms with Gasteiger partial charge in [-0.2, -0.15) is 0 Å². The molecule has 0 bridgehead atoms. The van der Waals surface area contributed by atoms with Gasteiger partial charge >= 0.3 is 0 Å². The third-order valence-corrected chi connectivity index (χ3v) is 4.04. The van der Waals surface area contributed by atoms with Gasteiger partial charge in [0.2, 0.25) is 0 Å².